The van der Waals surface area contributed by atoms with Gasteiger partial charge in [-0.2, -0.15) is 10.2 Å². The maximum atomic E-state index is 12.4. The number of benzene rings is 2. The quantitative estimate of drug-likeness (QED) is 0.391. The lowest BCUT2D eigenvalue weighted by Crippen LogP contribution is -2.18. The highest BCUT2D eigenvalue weighted by Crippen LogP contribution is 2.25. The standard InChI is InChI=1S/C24H23N3O3/c1-15-10-12-19(13-11-15)23-22(20(24(29)30-4)14-21(28)25-23)17(3)27-26-16(2)18-8-6-5-7-9-18/h5-14H,1-4H3,(H,25,28)/b26-16-,27-17-. The molecule has 0 aliphatic rings. The molecule has 0 unspecified atom stereocenters. The van der Waals surface area contributed by atoms with Crippen molar-refractivity contribution in [3.63, 3.8) is 0 Å². The minimum atomic E-state index is -0.609. The van der Waals surface area contributed by atoms with Crippen LogP contribution in [-0.2, 0) is 4.74 Å². The molecule has 1 N–H and O–H groups in total. The molecule has 0 amide bonds. The van der Waals surface area contributed by atoms with Gasteiger partial charge in [0, 0.05) is 11.6 Å². The summed E-state index contributed by atoms with van der Waals surface area (Å²) in [5.74, 6) is -0.609. The summed E-state index contributed by atoms with van der Waals surface area (Å²) in [4.78, 5) is 27.5. The van der Waals surface area contributed by atoms with Gasteiger partial charge in [-0.05, 0) is 31.9 Å². The number of hydrogen-bond donors (Lipinski definition) is 1. The predicted octanol–water partition coefficient (Wildman–Crippen LogP) is 4.37. The number of carbonyl (C=O) groups excluding carboxylic acids is 1. The molecule has 2 aromatic carbocycles. The smallest absolute Gasteiger partial charge is 0.338 e. The number of ether oxygens (including phenoxy) is 1. The number of hydrogen-bond acceptors (Lipinski definition) is 5. The van der Waals surface area contributed by atoms with Gasteiger partial charge in [0.1, 0.15) is 0 Å². The third-order valence-corrected chi connectivity index (χ3v) is 4.69. The molecule has 1 aromatic heterocycles. The lowest BCUT2D eigenvalue weighted by Gasteiger charge is -2.13. The maximum absolute atomic E-state index is 12.4. The van der Waals surface area contributed by atoms with E-state index in [-0.39, 0.29) is 5.56 Å². The van der Waals surface area contributed by atoms with E-state index in [1.165, 1.54) is 13.2 Å². The van der Waals surface area contributed by atoms with E-state index in [1.54, 1.807) is 6.92 Å². The number of aromatic amines is 1. The van der Waals surface area contributed by atoms with Gasteiger partial charge < -0.3 is 9.72 Å². The first-order chi connectivity index (χ1) is 14.4. The van der Waals surface area contributed by atoms with Gasteiger partial charge in [0.2, 0.25) is 5.56 Å². The van der Waals surface area contributed by atoms with Crippen LogP contribution in [0.15, 0.2) is 75.7 Å². The molecule has 6 nitrogen and oxygen atoms in total. The Bertz CT molecular complexity index is 1170. The number of H-pyrrole nitrogens is 1. The number of carbonyl (C=O) groups is 1. The third-order valence-electron chi connectivity index (χ3n) is 4.69. The van der Waals surface area contributed by atoms with Gasteiger partial charge in [0.15, 0.2) is 0 Å². The molecule has 0 radical (unpaired) electrons. The van der Waals surface area contributed by atoms with Crippen molar-refractivity contribution >= 4 is 17.4 Å². The van der Waals surface area contributed by atoms with Crippen molar-refractivity contribution in [2.45, 2.75) is 20.8 Å². The van der Waals surface area contributed by atoms with E-state index in [9.17, 15) is 9.59 Å². The monoisotopic (exact) mass is 401 g/mol. The van der Waals surface area contributed by atoms with Crippen LogP contribution >= 0.6 is 0 Å². The highest BCUT2D eigenvalue weighted by atomic mass is 16.5. The Labute approximate surface area is 175 Å². The first kappa shape index (κ1) is 20.9. The Kier molecular flexibility index (Phi) is 6.37. The van der Waals surface area contributed by atoms with Crippen molar-refractivity contribution < 1.29 is 9.53 Å². The summed E-state index contributed by atoms with van der Waals surface area (Å²) in [7, 11) is 1.28. The SMILES string of the molecule is COC(=O)c1cc(=O)[nH]c(-c2ccc(C)cc2)c1/C(C)=N\N=C(\C)c1ccccc1. The van der Waals surface area contributed by atoms with Crippen LogP contribution < -0.4 is 5.56 Å². The zero-order valence-corrected chi connectivity index (χ0v) is 17.4. The van der Waals surface area contributed by atoms with E-state index in [4.69, 9.17) is 4.74 Å². The first-order valence-electron chi connectivity index (χ1n) is 9.48. The summed E-state index contributed by atoms with van der Waals surface area (Å²) >= 11 is 0. The summed E-state index contributed by atoms with van der Waals surface area (Å²) in [6, 6.07) is 18.6. The molecule has 0 saturated carbocycles. The van der Waals surface area contributed by atoms with E-state index in [0.717, 1.165) is 22.4 Å². The minimum absolute atomic E-state index is 0.144. The second kappa shape index (κ2) is 9.13. The molecule has 0 aliphatic heterocycles. The van der Waals surface area contributed by atoms with Crippen LogP contribution in [-0.4, -0.2) is 29.5 Å². The molecule has 3 aromatic rings. The summed E-state index contributed by atoms with van der Waals surface area (Å²) in [6.45, 7) is 5.59. The van der Waals surface area contributed by atoms with Gasteiger partial charge in [-0.15, -0.1) is 0 Å². The molecule has 0 atom stereocenters. The zero-order chi connectivity index (χ0) is 21.7. The summed E-state index contributed by atoms with van der Waals surface area (Å²) in [5, 5.41) is 8.69. The fraction of sp³-hybridized carbons (Fsp3) is 0.167. The third kappa shape index (κ3) is 4.60. The largest absolute Gasteiger partial charge is 0.465 e. The van der Waals surface area contributed by atoms with Gasteiger partial charge >= 0.3 is 5.97 Å². The number of pyridine rings is 1. The Morgan fingerprint density at radius 3 is 2.20 bits per heavy atom. The average Bonchev–Trinajstić information content (AvgIpc) is 2.77. The Hall–Kier alpha value is -3.80. The van der Waals surface area contributed by atoms with Gasteiger partial charge in [0.25, 0.3) is 0 Å². The second-order valence-corrected chi connectivity index (χ2v) is 6.89. The van der Waals surface area contributed by atoms with E-state index in [0.29, 0.717) is 17.0 Å². The fourth-order valence-electron chi connectivity index (χ4n) is 3.08. The molecular weight excluding hydrogens is 378 g/mol. The van der Waals surface area contributed by atoms with Crippen LogP contribution in [0.1, 0.15) is 40.9 Å². The molecule has 1 heterocycles. The maximum Gasteiger partial charge on any atom is 0.338 e. The number of aromatic nitrogens is 1. The molecule has 0 bridgehead atoms. The van der Waals surface area contributed by atoms with Crippen molar-refractivity contribution in [1.29, 1.82) is 0 Å². The van der Waals surface area contributed by atoms with Crippen LogP contribution in [0.2, 0.25) is 0 Å². The Morgan fingerprint density at radius 1 is 0.933 bits per heavy atom. The number of esters is 1. The van der Waals surface area contributed by atoms with E-state index in [1.807, 2.05) is 68.4 Å². The van der Waals surface area contributed by atoms with Crippen LogP contribution in [0.25, 0.3) is 11.3 Å². The number of nitrogens with one attached hydrogen (secondary N) is 1. The normalized spacial score (nSPS) is 12.0. The molecule has 0 saturated heterocycles. The predicted molar refractivity (Wildman–Crippen MR) is 119 cm³/mol. The molecule has 0 spiro atoms. The van der Waals surface area contributed by atoms with Crippen LogP contribution in [0.3, 0.4) is 0 Å². The minimum Gasteiger partial charge on any atom is -0.465 e. The average molecular weight is 401 g/mol. The van der Waals surface area contributed by atoms with E-state index >= 15 is 0 Å². The zero-order valence-electron chi connectivity index (χ0n) is 17.4. The van der Waals surface area contributed by atoms with Crippen LogP contribution in [0.5, 0.6) is 0 Å². The van der Waals surface area contributed by atoms with Gasteiger partial charge in [-0.3, -0.25) is 4.79 Å². The molecule has 0 fully saturated rings. The summed E-state index contributed by atoms with van der Waals surface area (Å²) in [5.41, 5.74) is 4.73. The summed E-state index contributed by atoms with van der Waals surface area (Å²) < 4.78 is 4.90. The highest BCUT2D eigenvalue weighted by Gasteiger charge is 2.21. The van der Waals surface area contributed by atoms with Crippen LogP contribution in [0.4, 0.5) is 0 Å². The Balaban J connectivity index is 2.19. The number of aryl methyl sites for hydroxylation is 1. The van der Waals surface area contributed by atoms with Crippen molar-refractivity contribution in [2.75, 3.05) is 7.11 Å². The molecule has 6 heteroatoms. The van der Waals surface area contributed by atoms with Crippen molar-refractivity contribution in [1.82, 2.24) is 4.98 Å². The van der Waals surface area contributed by atoms with Gasteiger partial charge in [0.05, 0.1) is 29.8 Å². The lowest BCUT2D eigenvalue weighted by atomic mass is 9.97. The number of nitrogens with zero attached hydrogens (tertiary/aromatic N) is 2. The Morgan fingerprint density at radius 2 is 1.57 bits per heavy atom. The molecule has 0 aliphatic carbocycles. The van der Waals surface area contributed by atoms with Gasteiger partial charge in [-0.1, -0.05) is 60.2 Å². The van der Waals surface area contributed by atoms with E-state index in [2.05, 4.69) is 15.2 Å². The fourth-order valence-corrected chi connectivity index (χ4v) is 3.08. The first-order valence-corrected chi connectivity index (χ1v) is 9.48. The van der Waals surface area contributed by atoms with E-state index < -0.39 is 11.5 Å². The number of rotatable bonds is 5. The lowest BCUT2D eigenvalue weighted by molar-refractivity contribution is 0.0600. The molecule has 152 valence electrons. The van der Waals surface area contributed by atoms with Gasteiger partial charge in [-0.25, -0.2) is 4.79 Å². The number of methoxy groups -OCH3 is 1. The topological polar surface area (TPSA) is 83.9 Å². The highest BCUT2D eigenvalue weighted by molar-refractivity contribution is 6.12. The second-order valence-electron chi connectivity index (χ2n) is 6.89. The summed E-state index contributed by atoms with van der Waals surface area (Å²) in [6.07, 6.45) is 0. The van der Waals surface area contributed by atoms with Crippen molar-refractivity contribution in [3.8, 4) is 11.3 Å². The molecule has 3 rings (SSSR count). The molecular formula is C24H23N3O3. The molecule has 30 heavy (non-hydrogen) atoms. The van der Waals surface area contributed by atoms with Crippen molar-refractivity contribution in [2.24, 2.45) is 10.2 Å². The van der Waals surface area contributed by atoms with Crippen molar-refractivity contribution in [3.05, 3.63) is 93.3 Å². The van der Waals surface area contributed by atoms with Crippen LogP contribution in [0, 0.1) is 6.92 Å².